The Morgan fingerprint density at radius 3 is 2.50 bits per heavy atom. The number of piperazine rings is 1. The third-order valence-corrected chi connectivity index (χ3v) is 3.23. The van der Waals surface area contributed by atoms with E-state index in [0.29, 0.717) is 11.6 Å². The number of nitrogens with one attached hydrogen (secondary N) is 2. The van der Waals surface area contributed by atoms with E-state index in [0.717, 1.165) is 32.0 Å². The summed E-state index contributed by atoms with van der Waals surface area (Å²) < 4.78 is 0. The Bertz CT molecular complexity index is 437. The molecule has 0 spiro atoms. The molecule has 1 aliphatic heterocycles. The van der Waals surface area contributed by atoms with Crippen LogP contribution in [0.25, 0.3) is 0 Å². The van der Waals surface area contributed by atoms with Crippen LogP contribution >= 0.6 is 0 Å². The van der Waals surface area contributed by atoms with Gasteiger partial charge in [0.1, 0.15) is 5.82 Å². The second-order valence-electron chi connectivity index (χ2n) is 5.46. The predicted octanol–water partition coefficient (Wildman–Crippen LogP) is 0.794. The summed E-state index contributed by atoms with van der Waals surface area (Å²) in [6, 6.07) is 3.95. The van der Waals surface area contributed by atoms with Crippen LogP contribution < -0.4 is 10.7 Å². The molecule has 0 unspecified atom stereocenters. The van der Waals surface area contributed by atoms with E-state index in [9.17, 15) is 4.79 Å². The molecule has 20 heavy (non-hydrogen) atoms. The van der Waals surface area contributed by atoms with E-state index in [2.05, 4.69) is 41.5 Å². The van der Waals surface area contributed by atoms with E-state index in [-0.39, 0.29) is 5.91 Å². The van der Waals surface area contributed by atoms with Gasteiger partial charge < -0.3 is 10.2 Å². The summed E-state index contributed by atoms with van der Waals surface area (Å²) in [6.45, 7) is 7.74. The summed E-state index contributed by atoms with van der Waals surface area (Å²) in [7, 11) is 2.09. The highest BCUT2D eigenvalue weighted by Crippen LogP contribution is 2.07. The minimum absolute atomic E-state index is 0.0989. The molecule has 1 amide bonds. The molecule has 0 saturated carbocycles. The highest BCUT2D eigenvalue weighted by molar-refractivity contribution is 5.93. The lowest BCUT2D eigenvalue weighted by Gasteiger charge is -2.32. The largest absolute Gasteiger partial charge is 0.368 e. The Morgan fingerprint density at radius 1 is 1.25 bits per heavy atom. The van der Waals surface area contributed by atoms with Gasteiger partial charge in [0.05, 0.1) is 5.56 Å². The van der Waals surface area contributed by atoms with Gasteiger partial charge in [-0.25, -0.2) is 9.99 Å². The number of hydrazine groups is 1. The Labute approximate surface area is 120 Å². The first-order valence-corrected chi connectivity index (χ1v) is 7.01. The highest BCUT2D eigenvalue weighted by Gasteiger charge is 2.16. The van der Waals surface area contributed by atoms with Crippen LogP contribution in [0.5, 0.6) is 0 Å². The van der Waals surface area contributed by atoms with Gasteiger partial charge in [-0.3, -0.25) is 10.2 Å². The zero-order valence-corrected chi connectivity index (χ0v) is 12.4. The van der Waals surface area contributed by atoms with Crippen LogP contribution in [0, 0.1) is 0 Å². The minimum Gasteiger partial charge on any atom is -0.368 e. The van der Waals surface area contributed by atoms with E-state index in [1.54, 1.807) is 12.3 Å². The Hall–Kier alpha value is -1.66. The molecule has 1 aromatic heterocycles. The second-order valence-corrected chi connectivity index (χ2v) is 5.46. The topological polar surface area (TPSA) is 60.5 Å². The number of carbonyl (C=O) groups excluding carboxylic acids is 1. The number of carbonyl (C=O) groups is 1. The molecule has 6 heteroatoms. The fraction of sp³-hybridized carbons (Fsp3) is 0.571. The summed E-state index contributed by atoms with van der Waals surface area (Å²) in [5.74, 6) is 0.689. The van der Waals surface area contributed by atoms with Gasteiger partial charge in [-0.1, -0.05) is 0 Å². The van der Waals surface area contributed by atoms with Crippen LogP contribution in [0.3, 0.4) is 0 Å². The smallest absolute Gasteiger partial charge is 0.267 e. The minimum atomic E-state index is -0.0989. The van der Waals surface area contributed by atoms with Crippen molar-refractivity contribution in [1.82, 2.24) is 20.3 Å². The monoisotopic (exact) mass is 277 g/mol. The zero-order chi connectivity index (χ0) is 14.5. The average Bonchev–Trinajstić information content (AvgIpc) is 2.41. The molecule has 0 aliphatic carbocycles. The van der Waals surface area contributed by atoms with Crippen molar-refractivity contribution in [2.45, 2.75) is 19.9 Å². The van der Waals surface area contributed by atoms with E-state index in [1.165, 1.54) is 0 Å². The van der Waals surface area contributed by atoms with Crippen molar-refractivity contribution >= 4 is 11.7 Å². The van der Waals surface area contributed by atoms with Crippen LogP contribution in [0.4, 0.5) is 5.82 Å². The Kier molecular flexibility index (Phi) is 4.92. The van der Waals surface area contributed by atoms with Gasteiger partial charge >= 0.3 is 0 Å². The summed E-state index contributed by atoms with van der Waals surface area (Å²) in [4.78, 5) is 18.6. The van der Waals surface area contributed by atoms with Gasteiger partial charge in [-0.15, -0.1) is 0 Å². The van der Waals surface area contributed by atoms with Gasteiger partial charge in [0.2, 0.25) is 0 Å². The maximum atomic E-state index is 12.1. The number of hydrogen-bond donors (Lipinski definition) is 2. The van der Waals surface area contributed by atoms with Crippen LogP contribution in [0.2, 0.25) is 0 Å². The summed E-state index contributed by atoms with van der Waals surface area (Å²) in [5.41, 5.74) is 3.50. The molecule has 2 N–H and O–H groups in total. The maximum absolute atomic E-state index is 12.1. The van der Waals surface area contributed by atoms with Gasteiger partial charge in [0.15, 0.2) is 0 Å². The molecule has 110 valence electrons. The SMILES string of the molecule is CC(C)Nc1ccc(C(=O)NN2CCN(C)CC2)cn1. The average molecular weight is 277 g/mol. The number of aromatic nitrogens is 1. The number of likely N-dealkylation sites (N-methyl/N-ethyl adjacent to an activating group) is 1. The van der Waals surface area contributed by atoms with Gasteiger partial charge in [-0.05, 0) is 33.0 Å². The van der Waals surface area contributed by atoms with Crippen molar-refractivity contribution in [3.8, 4) is 0 Å². The summed E-state index contributed by atoms with van der Waals surface area (Å²) in [5, 5.41) is 5.16. The van der Waals surface area contributed by atoms with Gasteiger partial charge in [-0.2, -0.15) is 0 Å². The Balaban J connectivity index is 1.89. The number of hydrogen-bond acceptors (Lipinski definition) is 5. The van der Waals surface area contributed by atoms with E-state index in [1.807, 2.05) is 11.1 Å². The summed E-state index contributed by atoms with van der Waals surface area (Å²) in [6.07, 6.45) is 1.61. The van der Waals surface area contributed by atoms with E-state index in [4.69, 9.17) is 0 Å². The maximum Gasteiger partial charge on any atom is 0.267 e. The van der Waals surface area contributed by atoms with Crippen molar-refractivity contribution in [2.75, 3.05) is 38.5 Å². The van der Waals surface area contributed by atoms with Crippen molar-refractivity contribution in [2.24, 2.45) is 0 Å². The molecule has 2 rings (SSSR count). The lowest BCUT2D eigenvalue weighted by Crippen LogP contribution is -2.52. The van der Waals surface area contributed by atoms with E-state index < -0.39 is 0 Å². The first-order chi connectivity index (χ1) is 9.54. The Morgan fingerprint density at radius 2 is 1.95 bits per heavy atom. The molecule has 0 atom stereocenters. The van der Waals surface area contributed by atoms with Crippen molar-refractivity contribution in [1.29, 1.82) is 0 Å². The first kappa shape index (κ1) is 14.7. The van der Waals surface area contributed by atoms with Crippen molar-refractivity contribution in [3.05, 3.63) is 23.9 Å². The van der Waals surface area contributed by atoms with Crippen LogP contribution in [0.1, 0.15) is 24.2 Å². The van der Waals surface area contributed by atoms with E-state index >= 15 is 0 Å². The number of nitrogens with zero attached hydrogens (tertiary/aromatic N) is 3. The fourth-order valence-corrected chi connectivity index (χ4v) is 2.04. The molecule has 6 nitrogen and oxygen atoms in total. The molecule has 0 radical (unpaired) electrons. The van der Waals surface area contributed by atoms with Gasteiger partial charge in [0.25, 0.3) is 5.91 Å². The molecule has 1 aromatic rings. The second kappa shape index (κ2) is 6.67. The number of amides is 1. The normalized spacial score (nSPS) is 17.2. The molecule has 1 fully saturated rings. The van der Waals surface area contributed by atoms with Crippen LogP contribution in [-0.2, 0) is 0 Å². The third-order valence-electron chi connectivity index (χ3n) is 3.23. The fourth-order valence-electron chi connectivity index (χ4n) is 2.04. The number of rotatable bonds is 4. The molecule has 1 saturated heterocycles. The van der Waals surface area contributed by atoms with Crippen LogP contribution in [-0.4, -0.2) is 60.1 Å². The standard InChI is InChI=1S/C14H23N5O/c1-11(2)16-13-5-4-12(10-15-13)14(20)17-19-8-6-18(3)7-9-19/h4-5,10-11H,6-9H2,1-3H3,(H,15,16)(H,17,20). The lowest BCUT2D eigenvalue weighted by molar-refractivity contribution is 0.0662. The highest BCUT2D eigenvalue weighted by atomic mass is 16.2. The van der Waals surface area contributed by atoms with Crippen molar-refractivity contribution < 1.29 is 4.79 Å². The lowest BCUT2D eigenvalue weighted by atomic mass is 10.2. The van der Waals surface area contributed by atoms with Crippen LogP contribution in [0.15, 0.2) is 18.3 Å². The molecule has 0 aromatic carbocycles. The number of pyridine rings is 1. The molecular formula is C14H23N5O. The van der Waals surface area contributed by atoms with Crippen molar-refractivity contribution in [3.63, 3.8) is 0 Å². The third kappa shape index (κ3) is 4.18. The molecule has 0 bridgehead atoms. The number of anilines is 1. The quantitative estimate of drug-likeness (QED) is 0.852. The zero-order valence-electron chi connectivity index (χ0n) is 12.4. The molecule has 1 aliphatic rings. The summed E-state index contributed by atoms with van der Waals surface area (Å²) >= 11 is 0. The predicted molar refractivity (Wildman–Crippen MR) is 79.5 cm³/mol. The van der Waals surface area contributed by atoms with Gasteiger partial charge in [0, 0.05) is 38.4 Å². The first-order valence-electron chi connectivity index (χ1n) is 7.01. The molecular weight excluding hydrogens is 254 g/mol. The molecule has 2 heterocycles.